The van der Waals surface area contributed by atoms with Crippen LogP contribution in [0.3, 0.4) is 0 Å². The third kappa shape index (κ3) is 3.01. The Hall–Kier alpha value is -3.10. The summed E-state index contributed by atoms with van der Waals surface area (Å²) in [4.78, 5) is 22.5. The topological polar surface area (TPSA) is 66.8 Å². The van der Waals surface area contributed by atoms with Gasteiger partial charge in [-0.3, -0.25) is 9.48 Å². The lowest BCUT2D eigenvalue weighted by Gasteiger charge is -2.32. The summed E-state index contributed by atoms with van der Waals surface area (Å²) in [5, 5.41) is 4.38. The van der Waals surface area contributed by atoms with Gasteiger partial charge >= 0.3 is 6.18 Å². The van der Waals surface area contributed by atoms with Gasteiger partial charge in [-0.25, -0.2) is 4.98 Å². The highest BCUT2D eigenvalue weighted by Gasteiger charge is 2.36. The van der Waals surface area contributed by atoms with Gasteiger partial charge in [0.1, 0.15) is 11.5 Å². The van der Waals surface area contributed by atoms with E-state index < -0.39 is 11.7 Å². The number of anilines is 1. The van der Waals surface area contributed by atoms with Crippen molar-refractivity contribution >= 4 is 11.6 Å². The van der Waals surface area contributed by atoms with Crippen molar-refractivity contribution in [3.63, 3.8) is 0 Å². The Balaban J connectivity index is 1.51. The number of H-pyrrole nitrogens is 1. The molecule has 1 aromatic carbocycles. The van der Waals surface area contributed by atoms with Crippen LogP contribution in [0.15, 0.2) is 36.7 Å². The average molecular weight is 401 g/mol. The number of fused-ring (bicyclic) bond motifs is 1. The molecule has 1 aliphatic heterocycles. The van der Waals surface area contributed by atoms with Gasteiger partial charge in [-0.15, -0.1) is 0 Å². The van der Waals surface area contributed by atoms with E-state index in [1.54, 1.807) is 17.1 Å². The van der Waals surface area contributed by atoms with Gasteiger partial charge in [-0.05, 0) is 44.0 Å². The molecule has 1 aliphatic carbocycles. The molecule has 0 radical (unpaired) electrons. The number of hydrogen-bond acceptors (Lipinski definition) is 3. The first-order chi connectivity index (χ1) is 13.8. The molecule has 2 aliphatic rings. The molecule has 3 aromatic rings. The van der Waals surface area contributed by atoms with Crippen LogP contribution in [0.1, 0.15) is 53.6 Å². The number of halogens is 3. The quantitative estimate of drug-likeness (QED) is 0.708. The van der Waals surface area contributed by atoms with E-state index in [1.807, 2.05) is 6.92 Å². The lowest BCUT2D eigenvalue weighted by Crippen LogP contribution is -2.42. The monoisotopic (exact) mass is 401 g/mol. The summed E-state index contributed by atoms with van der Waals surface area (Å²) < 4.78 is 40.3. The van der Waals surface area contributed by atoms with Crippen LogP contribution in [-0.4, -0.2) is 32.2 Å². The lowest BCUT2D eigenvalue weighted by atomic mass is 10.1. The zero-order chi connectivity index (χ0) is 20.3. The number of hydrogen-bond donors (Lipinski definition) is 1. The first-order valence-corrected chi connectivity index (χ1v) is 9.45. The second-order valence-corrected chi connectivity index (χ2v) is 7.62. The minimum atomic E-state index is -4.41. The summed E-state index contributed by atoms with van der Waals surface area (Å²) in [6.07, 6.45) is 1.15. The number of imidazole rings is 1. The molecular weight excluding hydrogens is 383 g/mol. The molecule has 5 rings (SSSR count). The van der Waals surface area contributed by atoms with Crippen molar-refractivity contribution in [1.29, 1.82) is 0 Å². The van der Waals surface area contributed by atoms with Crippen LogP contribution in [0.4, 0.5) is 18.9 Å². The van der Waals surface area contributed by atoms with Gasteiger partial charge in [0.2, 0.25) is 0 Å². The summed E-state index contributed by atoms with van der Waals surface area (Å²) in [5.41, 5.74) is 1.47. The molecule has 1 amide bonds. The molecule has 29 heavy (non-hydrogen) atoms. The Morgan fingerprint density at radius 1 is 1.14 bits per heavy atom. The van der Waals surface area contributed by atoms with Crippen LogP contribution in [0.2, 0.25) is 0 Å². The molecule has 2 aromatic heterocycles. The van der Waals surface area contributed by atoms with E-state index in [4.69, 9.17) is 0 Å². The fourth-order valence-electron chi connectivity index (χ4n) is 3.75. The predicted molar refractivity (Wildman–Crippen MR) is 99.6 cm³/mol. The second-order valence-electron chi connectivity index (χ2n) is 7.62. The maximum absolute atomic E-state index is 13.3. The van der Waals surface area contributed by atoms with Crippen LogP contribution < -0.4 is 4.90 Å². The van der Waals surface area contributed by atoms with Crippen molar-refractivity contribution in [3.8, 4) is 11.3 Å². The number of amides is 1. The molecule has 0 saturated heterocycles. The number of nitrogens with zero attached hydrogens (tertiary/aromatic N) is 4. The summed E-state index contributed by atoms with van der Waals surface area (Å²) in [7, 11) is 0. The Bertz CT molecular complexity index is 1080. The van der Waals surface area contributed by atoms with Gasteiger partial charge in [0.05, 0.1) is 35.3 Å². The third-order valence-corrected chi connectivity index (χ3v) is 5.46. The van der Waals surface area contributed by atoms with Crippen LogP contribution in [0.25, 0.3) is 11.3 Å². The first kappa shape index (κ1) is 18.0. The normalized spacial score (nSPS) is 19.5. The van der Waals surface area contributed by atoms with Gasteiger partial charge in [0.25, 0.3) is 5.91 Å². The highest BCUT2D eigenvalue weighted by atomic mass is 19.4. The molecule has 0 bridgehead atoms. The highest BCUT2D eigenvalue weighted by molar-refractivity contribution is 6.09. The summed E-state index contributed by atoms with van der Waals surface area (Å²) in [5.74, 6) is 1.07. The van der Waals surface area contributed by atoms with E-state index in [2.05, 4.69) is 15.1 Å². The Morgan fingerprint density at radius 3 is 2.52 bits per heavy atom. The molecule has 150 valence electrons. The molecule has 3 heterocycles. The van der Waals surface area contributed by atoms with Gasteiger partial charge in [-0.2, -0.15) is 18.3 Å². The van der Waals surface area contributed by atoms with Gasteiger partial charge in [-0.1, -0.05) is 0 Å². The van der Waals surface area contributed by atoms with Crippen LogP contribution in [0, 0.1) is 0 Å². The highest BCUT2D eigenvalue weighted by Crippen LogP contribution is 2.40. The Kier molecular flexibility index (Phi) is 3.84. The number of aromatic amines is 1. The molecular formula is C20H18F3N5O. The number of alkyl halides is 3. The smallest absolute Gasteiger partial charge is 0.342 e. The average Bonchev–Trinajstić information content (AvgIpc) is 3.24. The number of carbonyl (C=O) groups excluding carboxylic acids is 1. The number of rotatable bonds is 3. The Labute approximate surface area is 164 Å². The second kappa shape index (κ2) is 6.20. The van der Waals surface area contributed by atoms with Crippen molar-refractivity contribution < 1.29 is 18.0 Å². The molecule has 9 heteroatoms. The fourth-order valence-corrected chi connectivity index (χ4v) is 3.75. The van der Waals surface area contributed by atoms with Crippen LogP contribution >= 0.6 is 0 Å². The summed E-state index contributed by atoms with van der Waals surface area (Å²) in [6, 6.07) is 4.54. The number of carbonyl (C=O) groups is 1. The van der Waals surface area contributed by atoms with Crippen molar-refractivity contribution in [2.75, 3.05) is 11.4 Å². The van der Waals surface area contributed by atoms with E-state index in [0.717, 1.165) is 36.5 Å². The van der Waals surface area contributed by atoms with Gasteiger partial charge < -0.3 is 9.88 Å². The maximum atomic E-state index is 13.3. The van der Waals surface area contributed by atoms with E-state index in [-0.39, 0.29) is 11.9 Å². The van der Waals surface area contributed by atoms with Gasteiger partial charge in [0.15, 0.2) is 0 Å². The fraction of sp³-hybridized carbons (Fsp3) is 0.350. The lowest BCUT2D eigenvalue weighted by molar-refractivity contribution is -0.137. The molecule has 0 unspecified atom stereocenters. The molecule has 6 nitrogen and oxygen atoms in total. The number of aromatic nitrogens is 4. The standard InChI is InChI=1S/C20H18F3N5O/c1-11-10-27(14-6-4-13(5-7-14)20(21,22)23)19(29)17-15(8-25-28(11)17)16-9-24-18(26-16)12-2-3-12/h4-9,11-12H,2-3,10H2,1H3,(H,24,26)/t11-/m0/s1. The number of nitrogens with one attached hydrogen (secondary N) is 1. The summed E-state index contributed by atoms with van der Waals surface area (Å²) in [6.45, 7) is 2.25. The van der Waals surface area contributed by atoms with Crippen molar-refractivity contribution in [3.05, 3.63) is 53.7 Å². The van der Waals surface area contributed by atoms with Crippen LogP contribution in [0.5, 0.6) is 0 Å². The summed E-state index contributed by atoms with van der Waals surface area (Å²) >= 11 is 0. The largest absolute Gasteiger partial charge is 0.416 e. The number of benzene rings is 1. The molecule has 0 spiro atoms. The van der Waals surface area contributed by atoms with Crippen molar-refractivity contribution in [2.45, 2.75) is 37.9 Å². The van der Waals surface area contributed by atoms with Gasteiger partial charge in [0, 0.05) is 18.2 Å². The van der Waals surface area contributed by atoms with E-state index in [1.165, 1.54) is 17.0 Å². The third-order valence-electron chi connectivity index (χ3n) is 5.46. The zero-order valence-electron chi connectivity index (χ0n) is 15.6. The zero-order valence-corrected chi connectivity index (χ0v) is 15.6. The molecule has 1 N–H and O–H groups in total. The molecule has 1 atom stereocenters. The maximum Gasteiger partial charge on any atom is 0.416 e. The SMILES string of the molecule is C[C@H]1CN(c2ccc(C(F)(F)F)cc2)C(=O)c2c(-c3cnc(C4CC4)[nH]3)cnn21. The minimum absolute atomic E-state index is 0.121. The van der Waals surface area contributed by atoms with Crippen molar-refractivity contribution in [1.82, 2.24) is 19.7 Å². The van der Waals surface area contributed by atoms with E-state index in [9.17, 15) is 18.0 Å². The minimum Gasteiger partial charge on any atom is -0.342 e. The molecule has 1 saturated carbocycles. The van der Waals surface area contributed by atoms with E-state index in [0.29, 0.717) is 29.4 Å². The first-order valence-electron chi connectivity index (χ1n) is 9.45. The predicted octanol–water partition coefficient (Wildman–Crippen LogP) is 4.39. The van der Waals surface area contributed by atoms with Crippen molar-refractivity contribution in [2.24, 2.45) is 0 Å². The van der Waals surface area contributed by atoms with Crippen LogP contribution in [-0.2, 0) is 6.18 Å². The van der Waals surface area contributed by atoms with E-state index >= 15 is 0 Å². The molecule has 1 fully saturated rings. The Morgan fingerprint density at radius 2 is 1.86 bits per heavy atom.